The lowest BCUT2D eigenvalue weighted by Crippen LogP contribution is -2.53. The summed E-state index contributed by atoms with van der Waals surface area (Å²) in [5.74, 6) is -1.52. The van der Waals surface area contributed by atoms with Gasteiger partial charge >= 0.3 is 6.18 Å². The minimum absolute atomic E-state index is 0.0132. The molecule has 0 aliphatic heterocycles. The first kappa shape index (κ1) is 21.0. The van der Waals surface area contributed by atoms with Crippen LogP contribution >= 0.6 is 0 Å². The van der Waals surface area contributed by atoms with Gasteiger partial charge in [-0.15, -0.1) is 0 Å². The molecule has 1 rings (SSSR count). The fourth-order valence-electron chi connectivity index (χ4n) is 2.36. The predicted octanol–water partition coefficient (Wildman–Crippen LogP) is 3.63. The predicted molar refractivity (Wildman–Crippen MR) is 90.1 cm³/mol. The molecule has 1 aromatic carbocycles. The van der Waals surface area contributed by atoms with Gasteiger partial charge in [0.25, 0.3) is 5.91 Å². The minimum atomic E-state index is -4.48. The maximum Gasteiger partial charge on any atom is 0.406 e. The van der Waals surface area contributed by atoms with Crippen LogP contribution in [0, 0.1) is 5.92 Å². The summed E-state index contributed by atoms with van der Waals surface area (Å²) in [6.45, 7) is 3.93. The topological polar surface area (TPSA) is 49.4 Å². The molecule has 1 unspecified atom stereocenters. The van der Waals surface area contributed by atoms with E-state index in [1.165, 1.54) is 0 Å². The van der Waals surface area contributed by atoms with E-state index in [0.29, 0.717) is 18.4 Å². The number of carbonyl (C=O) groups excluding carboxylic acids is 2. The van der Waals surface area contributed by atoms with Crippen LogP contribution in [0.4, 0.5) is 13.2 Å². The maximum atomic E-state index is 12.8. The molecule has 0 radical (unpaired) electrons. The fourth-order valence-corrected chi connectivity index (χ4v) is 2.36. The Kier molecular flexibility index (Phi) is 7.93. The van der Waals surface area contributed by atoms with Gasteiger partial charge in [0.15, 0.2) is 0 Å². The zero-order valence-electron chi connectivity index (χ0n) is 14.8. The van der Waals surface area contributed by atoms with Gasteiger partial charge in [-0.1, -0.05) is 45.4 Å². The third-order valence-electron chi connectivity index (χ3n) is 3.72. The number of nitrogens with zero attached hydrogens (tertiary/aromatic N) is 1. The molecule has 0 heterocycles. The molecule has 0 aromatic heterocycles. The van der Waals surface area contributed by atoms with Crippen molar-refractivity contribution in [2.75, 3.05) is 13.1 Å². The molecule has 1 atom stereocenters. The molecular formula is C18H25F3N2O2. The zero-order chi connectivity index (χ0) is 19.0. The summed E-state index contributed by atoms with van der Waals surface area (Å²) < 4.78 is 38.4. The molecule has 7 heteroatoms. The summed E-state index contributed by atoms with van der Waals surface area (Å²) in [6, 6.07) is 7.27. The number of halogens is 3. The number of rotatable bonds is 8. The number of carbonyl (C=O) groups is 2. The van der Waals surface area contributed by atoms with E-state index in [9.17, 15) is 22.8 Å². The van der Waals surface area contributed by atoms with Crippen molar-refractivity contribution in [3.8, 4) is 0 Å². The van der Waals surface area contributed by atoms with Crippen molar-refractivity contribution >= 4 is 11.8 Å². The molecule has 1 aromatic rings. The smallest absolute Gasteiger partial charge is 0.340 e. The second-order valence-electron chi connectivity index (χ2n) is 6.29. The Hall–Kier alpha value is -2.05. The van der Waals surface area contributed by atoms with E-state index in [-0.39, 0.29) is 12.5 Å². The van der Waals surface area contributed by atoms with Crippen LogP contribution in [0.3, 0.4) is 0 Å². The Labute approximate surface area is 146 Å². The lowest BCUT2D eigenvalue weighted by atomic mass is 10.0. The molecule has 140 valence electrons. The van der Waals surface area contributed by atoms with Gasteiger partial charge in [0.1, 0.15) is 12.6 Å². The largest absolute Gasteiger partial charge is 0.406 e. The van der Waals surface area contributed by atoms with E-state index in [4.69, 9.17) is 0 Å². The summed E-state index contributed by atoms with van der Waals surface area (Å²) >= 11 is 0. The zero-order valence-corrected chi connectivity index (χ0v) is 14.8. The number of hydrogen-bond acceptors (Lipinski definition) is 2. The number of unbranched alkanes of at least 4 members (excludes halogenated alkanes) is 1. The number of benzene rings is 1. The lowest BCUT2D eigenvalue weighted by molar-refractivity contribution is -0.163. The molecule has 0 aliphatic rings. The minimum Gasteiger partial charge on any atom is -0.340 e. The first-order chi connectivity index (χ1) is 11.7. The van der Waals surface area contributed by atoms with Gasteiger partial charge in [-0.2, -0.15) is 13.2 Å². The highest BCUT2D eigenvalue weighted by atomic mass is 19.4. The molecule has 0 spiro atoms. The fraction of sp³-hybridized carbons (Fsp3) is 0.556. The van der Waals surface area contributed by atoms with Gasteiger partial charge < -0.3 is 10.2 Å². The van der Waals surface area contributed by atoms with Crippen molar-refractivity contribution in [2.45, 2.75) is 45.8 Å². The van der Waals surface area contributed by atoms with Crippen LogP contribution in [0.25, 0.3) is 0 Å². The van der Waals surface area contributed by atoms with Crippen molar-refractivity contribution in [3.05, 3.63) is 35.9 Å². The summed E-state index contributed by atoms with van der Waals surface area (Å²) in [4.78, 5) is 25.7. The highest BCUT2D eigenvalue weighted by Gasteiger charge is 2.36. The number of alkyl halides is 3. The lowest BCUT2D eigenvalue weighted by Gasteiger charge is -2.30. The first-order valence-electron chi connectivity index (χ1n) is 8.37. The van der Waals surface area contributed by atoms with Crippen molar-refractivity contribution in [1.29, 1.82) is 0 Å². The average molecular weight is 358 g/mol. The maximum absolute atomic E-state index is 12.8. The highest BCUT2D eigenvalue weighted by Crippen LogP contribution is 2.19. The molecule has 25 heavy (non-hydrogen) atoms. The summed E-state index contributed by atoms with van der Waals surface area (Å²) in [5.41, 5.74) is 0.358. The van der Waals surface area contributed by atoms with Gasteiger partial charge in [-0.05, 0) is 24.5 Å². The second-order valence-corrected chi connectivity index (χ2v) is 6.29. The molecule has 0 bridgehead atoms. The Morgan fingerprint density at radius 2 is 1.76 bits per heavy atom. The van der Waals surface area contributed by atoms with E-state index < -0.39 is 30.6 Å². The van der Waals surface area contributed by atoms with Crippen LogP contribution in [-0.2, 0) is 4.79 Å². The van der Waals surface area contributed by atoms with Gasteiger partial charge in [0.05, 0.1) is 0 Å². The SMILES string of the molecule is CCCCN(CC(F)(F)F)C(=O)C(NC(=O)c1ccccc1)C(C)C. The van der Waals surface area contributed by atoms with Crippen molar-refractivity contribution in [2.24, 2.45) is 5.92 Å². The summed E-state index contributed by atoms with van der Waals surface area (Å²) in [5, 5.41) is 2.58. The summed E-state index contributed by atoms with van der Waals surface area (Å²) in [7, 11) is 0. The van der Waals surface area contributed by atoms with Crippen molar-refractivity contribution in [3.63, 3.8) is 0 Å². The number of amides is 2. The quantitative estimate of drug-likeness (QED) is 0.771. The first-order valence-corrected chi connectivity index (χ1v) is 8.37. The summed E-state index contributed by atoms with van der Waals surface area (Å²) in [6.07, 6.45) is -3.34. The van der Waals surface area contributed by atoms with Crippen LogP contribution in [0.15, 0.2) is 30.3 Å². The van der Waals surface area contributed by atoms with E-state index in [0.717, 1.165) is 4.90 Å². The Morgan fingerprint density at radius 3 is 2.24 bits per heavy atom. The Morgan fingerprint density at radius 1 is 1.16 bits per heavy atom. The molecular weight excluding hydrogens is 333 g/mol. The van der Waals surface area contributed by atoms with Gasteiger partial charge in [0, 0.05) is 12.1 Å². The number of hydrogen-bond donors (Lipinski definition) is 1. The molecule has 0 fully saturated rings. The van der Waals surface area contributed by atoms with Crippen LogP contribution in [0.1, 0.15) is 44.0 Å². The van der Waals surface area contributed by atoms with Crippen LogP contribution in [-0.4, -0.2) is 42.0 Å². The molecule has 2 amide bonds. The van der Waals surface area contributed by atoms with Gasteiger partial charge in [-0.3, -0.25) is 9.59 Å². The average Bonchev–Trinajstić information content (AvgIpc) is 2.55. The van der Waals surface area contributed by atoms with E-state index in [2.05, 4.69) is 5.32 Å². The standard InChI is InChI=1S/C18H25F3N2O2/c1-4-5-11-23(12-18(19,20)21)17(25)15(13(2)3)22-16(24)14-9-7-6-8-10-14/h6-10,13,15H,4-5,11-12H2,1-3H3,(H,22,24). The van der Waals surface area contributed by atoms with Gasteiger partial charge in [-0.25, -0.2) is 0 Å². The third-order valence-corrected chi connectivity index (χ3v) is 3.72. The highest BCUT2D eigenvalue weighted by molar-refractivity contribution is 5.97. The molecule has 0 aliphatic carbocycles. The third kappa shape index (κ3) is 7.15. The van der Waals surface area contributed by atoms with Gasteiger partial charge in [0.2, 0.25) is 5.91 Å². The molecule has 0 saturated heterocycles. The van der Waals surface area contributed by atoms with E-state index in [1.807, 2.05) is 6.92 Å². The monoisotopic (exact) mass is 358 g/mol. The Balaban J connectivity index is 2.93. The van der Waals surface area contributed by atoms with E-state index >= 15 is 0 Å². The number of nitrogens with one attached hydrogen (secondary N) is 1. The Bertz CT molecular complexity index is 559. The van der Waals surface area contributed by atoms with Crippen LogP contribution < -0.4 is 5.32 Å². The van der Waals surface area contributed by atoms with Crippen molar-refractivity contribution < 1.29 is 22.8 Å². The van der Waals surface area contributed by atoms with Crippen LogP contribution in [0.2, 0.25) is 0 Å². The normalized spacial score (nSPS) is 12.8. The van der Waals surface area contributed by atoms with E-state index in [1.54, 1.807) is 44.2 Å². The molecule has 0 saturated carbocycles. The second kappa shape index (κ2) is 9.44. The van der Waals surface area contributed by atoms with Crippen molar-refractivity contribution in [1.82, 2.24) is 10.2 Å². The van der Waals surface area contributed by atoms with Crippen LogP contribution in [0.5, 0.6) is 0 Å². The molecule has 1 N–H and O–H groups in total. The molecule has 4 nitrogen and oxygen atoms in total.